The van der Waals surface area contributed by atoms with E-state index in [1.54, 1.807) is 11.0 Å². The van der Waals surface area contributed by atoms with Crippen LogP contribution in [-0.2, 0) is 4.79 Å². The maximum absolute atomic E-state index is 13.0. The average molecular weight is 448 g/mol. The maximum Gasteiger partial charge on any atom is 0.219 e. The van der Waals surface area contributed by atoms with Crippen molar-refractivity contribution in [3.63, 3.8) is 0 Å². The quantitative estimate of drug-likeness (QED) is 0.508. The van der Waals surface area contributed by atoms with Gasteiger partial charge in [-0.1, -0.05) is 71.7 Å². The number of carbonyl (C=O) groups is 1. The second kappa shape index (κ2) is 9.33. The van der Waals surface area contributed by atoms with Gasteiger partial charge < -0.3 is 5.73 Å². The average Bonchev–Trinajstić information content (AvgIpc) is 3.25. The first-order valence-corrected chi connectivity index (χ1v) is 11.7. The van der Waals surface area contributed by atoms with Crippen molar-refractivity contribution in [1.82, 2.24) is 10.2 Å². The molecule has 1 aliphatic heterocycles. The lowest BCUT2D eigenvalue weighted by Gasteiger charge is -2.37. The monoisotopic (exact) mass is 447 g/mol. The number of allylic oxidation sites excluding steroid dienone is 4. The van der Waals surface area contributed by atoms with Gasteiger partial charge in [0.05, 0.1) is 11.6 Å². The van der Waals surface area contributed by atoms with Gasteiger partial charge in [-0.25, -0.2) is 0 Å². The van der Waals surface area contributed by atoms with E-state index in [0.717, 1.165) is 27.8 Å². The van der Waals surface area contributed by atoms with Gasteiger partial charge in [-0.05, 0) is 18.4 Å². The fourth-order valence-electron chi connectivity index (χ4n) is 3.79. The number of ketones is 1. The molecule has 2 aliphatic rings. The highest BCUT2D eigenvalue weighted by atomic mass is 32.2. The minimum absolute atomic E-state index is 0.0555. The molecule has 0 amide bonds. The molecule has 0 radical (unpaired) electrons. The molecular weight excluding hydrogens is 426 g/mol. The third-order valence-electron chi connectivity index (χ3n) is 5.15. The molecule has 0 fully saturated rings. The zero-order valence-electron chi connectivity index (χ0n) is 16.8. The van der Waals surface area contributed by atoms with Crippen LogP contribution < -0.4 is 10.6 Å². The van der Waals surface area contributed by atoms with Crippen LogP contribution in [0, 0.1) is 17.2 Å². The van der Waals surface area contributed by atoms with E-state index < -0.39 is 5.92 Å². The topological polar surface area (TPSA) is 95.9 Å². The van der Waals surface area contributed by atoms with Gasteiger partial charge in [-0.15, -0.1) is 16.8 Å². The Morgan fingerprint density at radius 1 is 1.32 bits per heavy atom. The summed E-state index contributed by atoms with van der Waals surface area (Å²) < 4.78 is 0.789. The Morgan fingerprint density at radius 3 is 2.87 bits per heavy atom. The molecule has 2 heterocycles. The third-order valence-corrected chi connectivity index (χ3v) is 7.19. The van der Waals surface area contributed by atoms with Crippen LogP contribution in [0.25, 0.3) is 6.08 Å². The van der Waals surface area contributed by atoms with Gasteiger partial charge in [0.25, 0.3) is 0 Å². The number of rotatable bonds is 6. The van der Waals surface area contributed by atoms with Crippen LogP contribution in [0.2, 0.25) is 0 Å². The Morgan fingerprint density at radius 2 is 2.13 bits per heavy atom. The number of nitrogens with two attached hydrogens (primary N) is 1. The van der Waals surface area contributed by atoms with Gasteiger partial charge in [-0.3, -0.25) is 9.69 Å². The SMILES string of the molecule is C=CCSc1nnc(N2C(N)=C(C#N)C(/C=C/c3ccccc3)C3=C2CCCC3=O)s1. The molecular formula is C23H21N5OS2. The molecule has 1 unspecified atom stereocenters. The highest BCUT2D eigenvalue weighted by Gasteiger charge is 2.39. The predicted molar refractivity (Wildman–Crippen MR) is 125 cm³/mol. The molecule has 1 aromatic carbocycles. The zero-order valence-corrected chi connectivity index (χ0v) is 18.5. The van der Waals surface area contributed by atoms with Crippen molar-refractivity contribution in [2.75, 3.05) is 10.7 Å². The number of nitrogens with zero attached hydrogens (tertiary/aromatic N) is 4. The minimum atomic E-state index is -0.466. The molecule has 0 saturated carbocycles. The van der Waals surface area contributed by atoms with E-state index in [-0.39, 0.29) is 5.78 Å². The van der Waals surface area contributed by atoms with Gasteiger partial charge in [0, 0.05) is 29.4 Å². The van der Waals surface area contributed by atoms with E-state index in [2.05, 4.69) is 22.8 Å². The van der Waals surface area contributed by atoms with E-state index in [0.29, 0.717) is 34.9 Å². The summed E-state index contributed by atoms with van der Waals surface area (Å²) in [6.45, 7) is 3.73. The first-order valence-electron chi connectivity index (χ1n) is 9.90. The van der Waals surface area contributed by atoms with Crippen molar-refractivity contribution in [1.29, 1.82) is 5.26 Å². The molecule has 1 atom stereocenters. The molecule has 6 nitrogen and oxygen atoms in total. The predicted octanol–water partition coefficient (Wildman–Crippen LogP) is 4.67. The molecule has 0 saturated heterocycles. The molecule has 156 valence electrons. The standard InChI is InChI=1S/C23H21N5OS2/c1-2-13-30-23-27-26-22(31-23)28-18-9-6-10-19(29)20(18)16(17(14-24)21(28)25)12-11-15-7-4-3-5-8-15/h2-5,7-8,11-12,16H,1,6,9-10,13,25H2/b12-11+. The summed E-state index contributed by atoms with van der Waals surface area (Å²) in [5.74, 6) is 0.629. The molecule has 31 heavy (non-hydrogen) atoms. The van der Waals surface area contributed by atoms with Gasteiger partial charge >= 0.3 is 0 Å². The van der Waals surface area contributed by atoms with E-state index in [1.165, 1.54) is 23.1 Å². The summed E-state index contributed by atoms with van der Waals surface area (Å²) in [6, 6.07) is 12.1. The normalized spacial score (nSPS) is 19.0. The third kappa shape index (κ3) is 4.20. The van der Waals surface area contributed by atoms with Crippen LogP contribution in [0.3, 0.4) is 0 Å². The number of anilines is 1. The van der Waals surface area contributed by atoms with Crippen LogP contribution in [0.15, 0.2) is 76.1 Å². The van der Waals surface area contributed by atoms with Crippen LogP contribution in [-0.4, -0.2) is 21.7 Å². The lowest BCUT2D eigenvalue weighted by molar-refractivity contribution is -0.116. The van der Waals surface area contributed by atoms with E-state index in [9.17, 15) is 10.1 Å². The summed E-state index contributed by atoms with van der Waals surface area (Å²) >= 11 is 2.93. The summed E-state index contributed by atoms with van der Waals surface area (Å²) in [7, 11) is 0. The van der Waals surface area contributed by atoms with Crippen molar-refractivity contribution < 1.29 is 4.79 Å². The van der Waals surface area contributed by atoms with Gasteiger partial charge in [0.2, 0.25) is 5.13 Å². The number of nitriles is 1. The molecule has 1 aromatic heterocycles. The van der Waals surface area contributed by atoms with Crippen molar-refractivity contribution in [2.45, 2.75) is 23.6 Å². The van der Waals surface area contributed by atoms with Crippen LogP contribution >= 0.6 is 23.1 Å². The number of hydrogen-bond acceptors (Lipinski definition) is 8. The van der Waals surface area contributed by atoms with Crippen molar-refractivity contribution in [3.8, 4) is 6.07 Å². The maximum atomic E-state index is 13.0. The second-order valence-corrected chi connectivity index (χ2v) is 9.30. The first kappa shape index (κ1) is 21.1. The summed E-state index contributed by atoms with van der Waals surface area (Å²) in [4.78, 5) is 14.8. The molecule has 2 N–H and O–H groups in total. The largest absolute Gasteiger partial charge is 0.384 e. The minimum Gasteiger partial charge on any atom is -0.384 e. The number of thioether (sulfide) groups is 1. The molecule has 8 heteroatoms. The number of benzene rings is 1. The Bertz CT molecular complexity index is 1140. The zero-order chi connectivity index (χ0) is 21.8. The lowest BCUT2D eigenvalue weighted by atomic mass is 9.79. The molecule has 0 spiro atoms. The molecule has 0 bridgehead atoms. The Labute approximate surface area is 189 Å². The highest BCUT2D eigenvalue weighted by Crippen LogP contribution is 2.43. The highest BCUT2D eigenvalue weighted by molar-refractivity contribution is 8.01. The number of carbonyl (C=O) groups excluding carboxylic acids is 1. The van der Waals surface area contributed by atoms with Crippen molar-refractivity contribution >= 4 is 40.1 Å². The Kier molecular flexibility index (Phi) is 6.35. The smallest absolute Gasteiger partial charge is 0.219 e. The number of hydrogen-bond donors (Lipinski definition) is 1. The second-order valence-electron chi connectivity index (χ2n) is 7.08. The van der Waals surface area contributed by atoms with Crippen LogP contribution in [0.1, 0.15) is 24.8 Å². The molecule has 1 aliphatic carbocycles. The molecule has 2 aromatic rings. The van der Waals surface area contributed by atoms with Crippen molar-refractivity contribution in [3.05, 3.63) is 77.3 Å². The summed E-state index contributed by atoms with van der Waals surface area (Å²) in [6.07, 6.45) is 7.56. The van der Waals surface area contributed by atoms with Crippen LogP contribution in [0.4, 0.5) is 5.13 Å². The van der Waals surface area contributed by atoms with E-state index in [1.807, 2.05) is 42.5 Å². The van der Waals surface area contributed by atoms with Gasteiger partial charge in [-0.2, -0.15) is 5.26 Å². The number of aromatic nitrogens is 2. The van der Waals surface area contributed by atoms with E-state index in [4.69, 9.17) is 5.73 Å². The van der Waals surface area contributed by atoms with Gasteiger partial charge in [0.15, 0.2) is 10.1 Å². The number of Topliss-reactive ketones (excluding diaryl/α,β-unsaturated/α-hetero) is 1. The Hall–Kier alpha value is -3.15. The first-order chi connectivity index (χ1) is 15.1. The van der Waals surface area contributed by atoms with Crippen LogP contribution in [0.5, 0.6) is 0 Å². The van der Waals surface area contributed by atoms with Crippen molar-refractivity contribution in [2.24, 2.45) is 11.7 Å². The fraction of sp³-hybridized carbons (Fsp3) is 0.217. The fourth-order valence-corrected chi connectivity index (χ4v) is 5.43. The van der Waals surface area contributed by atoms with E-state index >= 15 is 0 Å². The molecule has 4 rings (SSSR count). The summed E-state index contributed by atoms with van der Waals surface area (Å²) in [5, 5.41) is 19.1. The van der Waals surface area contributed by atoms with Gasteiger partial charge in [0.1, 0.15) is 5.82 Å². The lowest BCUT2D eigenvalue weighted by Crippen LogP contribution is -2.39. The summed E-state index contributed by atoms with van der Waals surface area (Å²) in [5.41, 5.74) is 9.33. The Balaban J connectivity index is 1.79.